The van der Waals surface area contributed by atoms with Gasteiger partial charge in [0, 0.05) is 23.7 Å². The molecule has 0 radical (unpaired) electrons. The highest BCUT2D eigenvalue weighted by atomic mass is 35.5. The van der Waals surface area contributed by atoms with Gasteiger partial charge in [0.05, 0.1) is 20.3 Å². The van der Waals surface area contributed by atoms with Crippen LogP contribution in [-0.4, -0.2) is 10.9 Å². The summed E-state index contributed by atoms with van der Waals surface area (Å²) >= 11 is 14.0. The number of aromatic nitrogens is 1. The molecule has 168 valence electrons. The van der Waals surface area contributed by atoms with Gasteiger partial charge in [-0.3, -0.25) is 4.79 Å². The van der Waals surface area contributed by atoms with Gasteiger partial charge in [0.25, 0.3) is 0 Å². The molecular weight excluding hydrogens is 487 g/mol. The van der Waals surface area contributed by atoms with Crippen molar-refractivity contribution in [3.8, 4) is 21.9 Å². The van der Waals surface area contributed by atoms with Crippen LogP contribution in [0.5, 0.6) is 0 Å². The van der Waals surface area contributed by atoms with Crippen molar-refractivity contribution in [1.82, 2.24) is 10.3 Å². The maximum atomic E-state index is 12.3. The first-order valence-electron chi connectivity index (χ1n) is 10.5. The highest BCUT2D eigenvalue weighted by molar-refractivity contribution is 7.21. The van der Waals surface area contributed by atoms with Crippen molar-refractivity contribution in [3.63, 3.8) is 0 Å². The molecule has 0 aliphatic rings. The number of carbonyl (C=O) groups is 1. The van der Waals surface area contributed by atoms with E-state index in [1.54, 1.807) is 41.7 Å². The van der Waals surface area contributed by atoms with E-state index in [9.17, 15) is 4.79 Å². The van der Waals surface area contributed by atoms with E-state index in [2.05, 4.69) is 16.4 Å². The van der Waals surface area contributed by atoms with Crippen LogP contribution in [0.1, 0.15) is 11.3 Å². The van der Waals surface area contributed by atoms with Crippen LogP contribution in [0.25, 0.3) is 38.2 Å². The molecule has 2 heterocycles. The molecule has 0 atom stereocenters. The van der Waals surface area contributed by atoms with Gasteiger partial charge in [-0.15, -0.1) is 11.3 Å². The van der Waals surface area contributed by atoms with E-state index < -0.39 is 0 Å². The number of nitrogens with one attached hydrogen (secondary N) is 1. The van der Waals surface area contributed by atoms with Crippen molar-refractivity contribution in [2.75, 3.05) is 0 Å². The lowest BCUT2D eigenvalue weighted by Crippen LogP contribution is -2.20. The lowest BCUT2D eigenvalue weighted by Gasteiger charge is -2.04. The molecule has 0 saturated heterocycles. The fourth-order valence-corrected chi connectivity index (χ4v) is 4.81. The van der Waals surface area contributed by atoms with Crippen LogP contribution in [-0.2, 0) is 11.3 Å². The Hall–Kier alpha value is -3.38. The number of fused-ring (bicyclic) bond motifs is 1. The third kappa shape index (κ3) is 4.92. The first-order valence-corrected chi connectivity index (χ1v) is 12.1. The van der Waals surface area contributed by atoms with Gasteiger partial charge in [0.1, 0.15) is 16.5 Å². The number of hydrogen-bond donors (Lipinski definition) is 1. The maximum Gasteiger partial charge on any atom is 0.244 e. The molecule has 3 aromatic carbocycles. The molecule has 0 saturated carbocycles. The van der Waals surface area contributed by atoms with Crippen molar-refractivity contribution in [1.29, 1.82) is 0 Å². The minimum Gasteiger partial charge on any atom is -0.457 e. The molecule has 0 fully saturated rings. The summed E-state index contributed by atoms with van der Waals surface area (Å²) in [6.45, 7) is 0.421. The largest absolute Gasteiger partial charge is 0.457 e. The molecule has 0 aliphatic carbocycles. The highest BCUT2D eigenvalue weighted by Crippen LogP contribution is 2.34. The Morgan fingerprint density at radius 2 is 1.79 bits per heavy atom. The molecule has 0 bridgehead atoms. The van der Waals surface area contributed by atoms with Gasteiger partial charge in [-0.05, 0) is 48.0 Å². The van der Waals surface area contributed by atoms with Gasteiger partial charge < -0.3 is 9.73 Å². The van der Waals surface area contributed by atoms with Crippen LogP contribution in [0.4, 0.5) is 0 Å². The Morgan fingerprint density at radius 3 is 2.62 bits per heavy atom. The van der Waals surface area contributed by atoms with Crippen LogP contribution < -0.4 is 5.32 Å². The van der Waals surface area contributed by atoms with E-state index in [4.69, 9.17) is 27.6 Å². The van der Waals surface area contributed by atoms with Crippen molar-refractivity contribution in [2.45, 2.75) is 6.54 Å². The van der Waals surface area contributed by atoms with Crippen molar-refractivity contribution in [3.05, 3.63) is 106 Å². The molecule has 7 heteroatoms. The predicted octanol–water partition coefficient (Wildman–Crippen LogP) is 7.86. The topological polar surface area (TPSA) is 55.1 Å². The first kappa shape index (κ1) is 22.4. The van der Waals surface area contributed by atoms with Gasteiger partial charge in [-0.1, -0.05) is 65.7 Å². The summed E-state index contributed by atoms with van der Waals surface area (Å²) < 4.78 is 6.95. The van der Waals surface area contributed by atoms with Crippen LogP contribution in [0, 0.1) is 0 Å². The zero-order chi connectivity index (χ0) is 23.5. The Balaban J connectivity index is 1.19. The molecule has 34 heavy (non-hydrogen) atoms. The number of hydrogen-bond acceptors (Lipinski definition) is 4. The summed E-state index contributed by atoms with van der Waals surface area (Å²) in [6, 6.07) is 25.1. The molecule has 0 spiro atoms. The van der Waals surface area contributed by atoms with Crippen molar-refractivity contribution >= 4 is 56.7 Å². The Morgan fingerprint density at radius 1 is 0.971 bits per heavy atom. The number of thiazole rings is 1. The zero-order valence-corrected chi connectivity index (χ0v) is 20.1. The van der Waals surface area contributed by atoms with E-state index in [0.29, 0.717) is 33.7 Å². The lowest BCUT2D eigenvalue weighted by molar-refractivity contribution is -0.116. The molecule has 2 aromatic heterocycles. The second-order valence-corrected chi connectivity index (χ2v) is 9.35. The quantitative estimate of drug-likeness (QED) is 0.239. The molecule has 1 amide bonds. The molecule has 4 nitrogen and oxygen atoms in total. The highest BCUT2D eigenvalue weighted by Gasteiger charge is 2.10. The Bertz CT molecular complexity index is 1470. The van der Waals surface area contributed by atoms with E-state index in [-0.39, 0.29) is 5.91 Å². The molecule has 5 aromatic rings. The number of furan rings is 1. The number of benzene rings is 3. The van der Waals surface area contributed by atoms with Crippen LogP contribution in [0.3, 0.4) is 0 Å². The first-order chi connectivity index (χ1) is 16.6. The summed E-state index contributed by atoms with van der Waals surface area (Å²) in [6.07, 6.45) is 3.06. The SMILES string of the molecule is O=C(C=Cc1ccc(-c2cccc(Cl)c2Cl)o1)NCc1ccc(-c2nc3ccccc3s2)cc1. The number of carbonyl (C=O) groups excluding carboxylic acids is 1. The maximum absolute atomic E-state index is 12.3. The monoisotopic (exact) mass is 504 g/mol. The summed E-state index contributed by atoms with van der Waals surface area (Å²) in [7, 11) is 0. The molecule has 5 rings (SSSR count). The summed E-state index contributed by atoms with van der Waals surface area (Å²) in [5.41, 5.74) is 3.77. The third-order valence-electron chi connectivity index (χ3n) is 5.20. The number of rotatable bonds is 6. The van der Waals surface area contributed by atoms with Crippen LogP contribution >= 0.6 is 34.5 Å². The standard InChI is InChI=1S/C27H18Cl2N2O2S/c28-21-5-3-4-20(26(21)29)23-14-12-19(33-23)13-15-25(32)30-16-17-8-10-18(11-9-17)27-31-22-6-1-2-7-24(22)34-27/h1-15H,16H2,(H,30,32). The van der Waals surface area contributed by atoms with Gasteiger partial charge in [-0.25, -0.2) is 4.98 Å². The van der Waals surface area contributed by atoms with E-state index in [1.807, 2.05) is 48.5 Å². The summed E-state index contributed by atoms with van der Waals surface area (Å²) in [5, 5.41) is 4.76. The molecular formula is C27H18Cl2N2O2S. The molecule has 1 N–H and O–H groups in total. The van der Waals surface area contributed by atoms with E-state index in [0.717, 1.165) is 21.7 Å². The number of halogens is 2. The summed E-state index contributed by atoms with van der Waals surface area (Å²) in [5.74, 6) is 0.913. The Labute approximate surface area is 210 Å². The van der Waals surface area contributed by atoms with Crippen LogP contribution in [0.15, 0.2) is 89.4 Å². The van der Waals surface area contributed by atoms with E-state index >= 15 is 0 Å². The molecule has 0 unspecified atom stereocenters. The summed E-state index contributed by atoms with van der Waals surface area (Å²) in [4.78, 5) is 17.0. The van der Waals surface area contributed by atoms with Gasteiger partial charge in [0.2, 0.25) is 5.91 Å². The third-order valence-corrected chi connectivity index (χ3v) is 7.11. The normalized spacial score (nSPS) is 11.4. The number of para-hydroxylation sites is 1. The second kappa shape index (κ2) is 9.85. The zero-order valence-electron chi connectivity index (χ0n) is 17.8. The predicted molar refractivity (Wildman–Crippen MR) is 140 cm³/mol. The second-order valence-electron chi connectivity index (χ2n) is 7.54. The fraction of sp³-hybridized carbons (Fsp3) is 0.0370. The van der Waals surface area contributed by atoms with Gasteiger partial charge >= 0.3 is 0 Å². The minimum atomic E-state index is -0.214. The number of amides is 1. The minimum absolute atomic E-state index is 0.214. The van der Waals surface area contributed by atoms with Crippen LogP contribution in [0.2, 0.25) is 10.0 Å². The fourth-order valence-electron chi connectivity index (χ4n) is 3.45. The van der Waals surface area contributed by atoms with Gasteiger partial charge in [0.15, 0.2) is 0 Å². The molecule has 0 aliphatic heterocycles. The average Bonchev–Trinajstić information content (AvgIpc) is 3.51. The van der Waals surface area contributed by atoms with Crippen molar-refractivity contribution < 1.29 is 9.21 Å². The Kier molecular flexibility index (Phi) is 6.50. The smallest absolute Gasteiger partial charge is 0.244 e. The average molecular weight is 505 g/mol. The van der Waals surface area contributed by atoms with E-state index in [1.165, 1.54) is 10.8 Å². The van der Waals surface area contributed by atoms with Gasteiger partial charge in [-0.2, -0.15) is 0 Å². The number of nitrogens with zero attached hydrogens (tertiary/aromatic N) is 1. The lowest BCUT2D eigenvalue weighted by atomic mass is 10.1. The van der Waals surface area contributed by atoms with Crippen molar-refractivity contribution in [2.24, 2.45) is 0 Å².